The van der Waals surface area contributed by atoms with Gasteiger partial charge in [-0.3, -0.25) is 4.79 Å². The van der Waals surface area contributed by atoms with E-state index < -0.39 is 15.1 Å². The van der Waals surface area contributed by atoms with E-state index in [9.17, 15) is 13.2 Å². The van der Waals surface area contributed by atoms with Crippen LogP contribution in [0.5, 0.6) is 0 Å². The van der Waals surface area contributed by atoms with Gasteiger partial charge in [-0.25, -0.2) is 18.4 Å². The van der Waals surface area contributed by atoms with E-state index in [2.05, 4.69) is 4.98 Å². The fourth-order valence-electron chi connectivity index (χ4n) is 4.28. The third kappa shape index (κ3) is 4.11. The number of rotatable bonds is 5. The van der Waals surface area contributed by atoms with Crippen molar-refractivity contribution in [2.24, 2.45) is 0 Å². The van der Waals surface area contributed by atoms with Crippen molar-refractivity contribution < 1.29 is 13.2 Å². The van der Waals surface area contributed by atoms with Gasteiger partial charge in [0.05, 0.1) is 22.1 Å². The molecule has 4 rings (SSSR count). The van der Waals surface area contributed by atoms with Crippen LogP contribution in [0.1, 0.15) is 43.6 Å². The van der Waals surface area contributed by atoms with Crippen LogP contribution in [-0.2, 0) is 27.5 Å². The zero-order chi connectivity index (χ0) is 20.8. The van der Waals surface area contributed by atoms with E-state index in [1.165, 1.54) is 35.0 Å². The summed E-state index contributed by atoms with van der Waals surface area (Å²) in [7, 11) is -3.04. The first-order valence-electron chi connectivity index (χ1n) is 10.0. The Morgan fingerprint density at radius 1 is 1.34 bits per heavy atom. The third-order valence-electron chi connectivity index (χ3n) is 5.73. The molecule has 2 aromatic heterocycles. The highest BCUT2D eigenvalue weighted by atomic mass is 32.2. The molecule has 2 aromatic rings. The Morgan fingerprint density at radius 2 is 2.10 bits per heavy atom. The zero-order valence-electron chi connectivity index (χ0n) is 16.7. The first-order chi connectivity index (χ1) is 13.8. The van der Waals surface area contributed by atoms with Crippen LogP contribution in [0.15, 0.2) is 5.16 Å². The van der Waals surface area contributed by atoms with Gasteiger partial charge in [-0.2, -0.15) is 0 Å². The molecule has 158 valence electrons. The lowest BCUT2D eigenvalue weighted by atomic mass is 9.97. The van der Waals surface area contributed by atoms with E-state index >= 15 is 0 Å². The molecule has 0 spiro atoms. The number of nitrogens with zero attached hydrogens (tertiary/aromatic N) is 3. The second kappa shape index (κ2) is 8.03. The summed E-state index contributed by atoms with van der Waals surface area (Å²) >= 11 is 2.98. The number of fused-ring (bicyclic) bond motifs is 3. The van der Waals surface area contributed by atoms with Crippen molar-refractivity contribution in [3.8, 4) is 0 Å². The molecule has 3 heterocycles. The Balaban J connectivity index is 1.53. The summed E-state index contributed by atoms with van der Waals surface area (Å²) in [5, 5.41) is 1.08. The Morgan fingerprint density at radius 3 is 2.79 bits per heavy atom. The normalized spacial score (nSPS) is 21.8. The topological polar surface area (TPSA) is 106 Å². The van der Waals surface area contributed by atoms with E-state index in [1.54, 1.807) is 16.2 Å². The molecule has 2 atom stereocenters. The largest absolute Gasteiger partial charge is 0.383 e. The first-order valence-corrected chi connectivity index (χ1v) is 13.6. The Hall–Kier alpha value is -1.39. The molecule has 0 radical (unpaired) electrons. The Kier molecular flexibility index (Phi) is 5.78. The Bertz CT molecular complexity index is 1050. The van der Waals surface area contributed by atoms with Gasteiger partial charge >= 0.3 is 0 Å². The number of thioether (sulfide) groups is 1. The van der Waals surface area contributed by atoms with Gasteiger partial charge in [0.2, 0.25) is 5.91 Å². The minimum absolute atomic E-state index is 0.0557. The highest BCUT2D eigenvalue weighted by Crippen LogP contribution is 2.39. The maximum absolute atomic E-state index is 13.0. The van der Waals surface area contributed by atoms with Gasteiger partial charge in [0, 0.05) is 17.5 Å². The van der Waals surface area contributed by atoms with Crippen LogP contribution < -0.4 is 5.73 Å². The molecular formula is C19H26N4O3S3. The second-order valence-corrected chi connectivity index (χ2v) is 12.3. The molecule has 1 fully saturated rings. The highest BCUT2D eigenvalue weighted by Gasteiger charge is 2.35. The predicted molar refractivity (Wildman–Crippen MR) is 118 cm³/mol. The lowest BCUT2D eigenvalue weighted by Crippen LogP contribution is -2.44. The van der Waals surface area contributed by atoms with E-state index in [-0.39, 0.29) is 23.5 Å². The number of aryl methyl sites for hydroxylation is 2. The smallest absolute Gasteiger partial charge is 0.236 e. The number of carbonyl (C=O) groups excluding carboxylic acids is 1. The monoisotopic (exact) mass is 454 g/mol. The molecule has 1 aliphatic heterocycles. The van der Waals surface area contributed by atoms with Crippen molar-refractivity contribution in [1.82, 2.24) is 14.9 Å². The van der Waals surface area contributed by atoms with Crippen molar-refractivity contribution in [3.05, 3.63) is 10.4 Å². The van der Waals surface area contributed by atoms with Crippen molar-refractivity contribution in [3.63, 3.8) is 0 Å². The van der Waals surface area contributed by atoms with Gasteiger partial charge in [-0.15, -0.1) is 11.3 Å². The summed E-state index contributed by atoms with van der Waals surface area (Å²) in [6.45, 7) is 4.20. The lowest BCUT2D eigenvalue weighted by Gasteiger charge is -2.29. The van der Waals surface area contributed by atoms with Crippen LogP contribution in [0.3, 0.4) is 0 Å². The van der Waals surface area contributed by atoms with Crippen LogP contribution in [0, 0.1) is 0 Å². The molecule has 7 nitrogen and oxygen atoms in total. The van der Waals surface area contributed by atoms with E-state index in [0.29, 0.717) is 23.9 Å². The maximum Gasteiger partial charge on any atom is 0.236 e. The SMILES string of the molecule is CCN(C(=O)[C@H](C)Sc1nc(N)c2c3c(sc2n1)CCCC3)[C@@H]1CCS(=O)(=O)C1. The molecule has 1 amide bonds. The molecule has 29 heavy (non-hydrogen) atoms. The molecule has 1 saturated heterocycles. The van der Waals surface area contributed by atoms with Crippen molar-refractivity contribution in [2.75, 3.05) is 23.8 Å². The van der Waals surface area contributed by atoms with Crippen LogP contribution in [0.2, 0.25) is 0 Å². The summed E-state index contributed by atoms with van der Waals surface area (Å²) in [6, 6.07) is -0.238. The summed E-state index contributed by atoms with van der Waals surface area (Å²) in [5.74, 6) is 0.626. The fraction of sp³-hybridized carbons (Fsp3) is 0.632. The summed E-state index contributed by atoms with van der Waals surface area (Å²) in [6.07, 6.45) is 4.98. The number of aromatic nitrogens is 2. The van der Waals surface area contributed by atoms with E-state index in [1.807, 2.05) is 13.8 Å². The van der Waals surface area contributed by atoms with E-state index in [0.717, 1.165) is 23.1 Å². The van der Waals surface area contributed by atoms with Gasteiger partial charge < -0.3 is 10.6 Å². The second-order valence-electron chi connectivity index (χ2n) is 7.72. The number of anilines is 1. The van der Waals surface area contributed by atoms with Gasteiger partial charge in [-0.1, -0.05) is 11.8 Å². The van der Waals surface area contributed by atoms with Crippen molar-refractivity contribution in [2.45, 2.75) is 62.4 Å². The van der Waals surface area contributed by atoms with Crippen LogP contribution in [-0.4, -0.2) is 58.5 Å². The predicted octanol–water partition coefficient (Wildman–Crippen LogP) is 2.67. The average molecular weight is 455 g/mol. The molecule has 0 unspecified atom stereocenters. The number of hydrogen-bond donors (Lipinski definition) is 1. The molecule has 2 N–H and O–H groups in total. The minimum atomic E-state index is -3.04. The number of carbonyl (C=O) groups is 1. The van der Waals surface area contributed by atoms with Crippen LogP contribution in [0.25, 0.3) is 10.2 Å². The first kappa shape index (κ1) is 20.9. The molecule has 10 heteroatoms. The van der Waals surface area contributed by atoms with Crippen molar-refractivity contribution >= 4 is 54.9 Å². The molecule has 0 aromatic carbocycles. The van der Waals surface area contributed by atoms with Gasteiger partial charge in [0.25, 0.3) is 0 Å². The maximum atomic E-state index is 13.0. The van der Waals surface area contributed by atoms with Gasteiger partial charge in [0.1, 0.15) is 10.6 Å². The molecule has 1 aliphatic carbocycles. The molecule has 2 aliphatic rings. The van der Waals surface area contributed by atoms with Gasteiger partial charge in [0.15, 0.2) is 15.0 Å². The highest BCUT2D eigenvalue weighted by molar-refractivity contribution is 8.00. The number of thiophene rings is 1. The number of amides is 1. The summed E-state index contributed by atoms with van der Waals surface area (Å²) < 4.78 is 23.6. The number of nitrogen functional groups attached to an aromatic ring is 1. The number of hydrogen-bond acceptors (Lipinski definition) is 8. The molecular weight excluding hydrogens is 428 g/mol. The Labute approximate surface area is 179 Å². The third-order valence-corrected chi connectivity index (χ3v) is 9.61. The fourth-order valence-corrected chi connectivity index (χ4v) is 8.18. The molecule has 0 bridgehead atoms. The summed E-state index contributed by atoms with van der Waals surface area (Å²) in [4.78, 5) is 26.1. The van der Waals surface area contributed by atoms with Crippen LogP contribution in [0.4, 0.5) is 5.82 Å². The molecule has 0 saturated carbocycles. The summed E-state index contributed by atoms with van der Waals surface area (Å²) in [5.41, 5.74) is 7.57. The van der Waals surface area contributed by atoms with E-state index in [4.69, 9.17) is 10.7 Å². The zero-order valence-corrected chi connectivity index (χ0v) is 19.1. The number of nitrogens with two attached hydrogens (primary N) is 1. The standard InChI is InChI=1S/C19H26N4O3S3/c1-3-23(12-8-9-29(25,26)10-12)18(24)11(2)27-19-21-16(20)15-13-6-4-5-7-14(13)28-17(15)22-19/h11-12H,3-10H2,1-2H3,(H2,20,21,22)/t11-,12+/m0/s1. The van der Waals surface area contributed by atoms with Crippen LogP contribution >= 0.6 is 23.1 Å². The quantitative estimate of drug-likeness (QED) is 0.547. The average Bonchev–Trinajstić information content (AvgIpc) is 3.21. The van der Waals surface area contributed by atoms with Crippen molar-refractivity contribution in [1.29, 1.82) is 0 Å². The minimum Gasteiger partial charge on any atom is -0.383 e. The number of sulfone groups is 1. The van der Waals surface area contributed by atoms with Gasteiger partial charge in [-0.05, 0) is 51.5 Å². The lowest BCUT2D eigenvalue weighted by molar-refractivity contribution is -0.131.